The minimum absolute atomic E-state index is 0.343. The van der Waals surface area contributed by atoms with Crippen LogP contribution in [0.2, 0.25) is 0 Å². The second-order valence-electron chi connectivity index (χ2n) is 3.09. The van der Waals surface area contributed by atoms with Crippen LogP contribution in [0.5, 0.6) is 0 Å². The van der Waals surface area contributed by atoms with Crippen LogP contribution in [0.1, 0.15) is 23.8 Å². The van der Waals surface area contributed by atoms with E-state index >= 15 is 0 Å². The summed E-state index contributed by atoms with van der Waals surface area (Å²) < 4.78 is 0. The van der Waals surface area contributed by atoms with Gasteiger partial charge in [0.05, 0.1) is 0 Å². The Labute approximate surface area is 97.9 Å². The Morgan fingerprint density at radius 2 is 2.38 bits per heavy atom. The van der Waals surface area contributed by atoms with Crippen molar-refractivity contribution in [2.45, 2.75) is 13.3 Å². The maximum atomic E-state index is 11.6. The molecule has 5 heteroatoms. The van der Waals surface area contributed by atoms with Crippen molar-refractivity contribution in [1.29, 1.82) is 0 Å². The summed E-state index contributed by atoms with van der Waals surface area (Å²) in [6.07, 6.45) is 4.22. The molecule has 1 amide bonds. The van der Waals surface area contributed by atoms with Crippen molar-refractivity contribution < 1.29 is 4.79 Å². The molecule has 1 aliphatic heterocycles. The molecule has 0 bridgehead atoms. The standard InChI is InChI=1S/C11H10N3OS/c1-2-8-7-13-11(16-8)14-10(15)9-5-3-4-6-12-9/h3-7H,2H2,1H3. The van der Waals surface area contributed by atoms with Crippen LogP contribution in [0.4, 0.5) is 0 Å². The number of amidine groups is 1. The summed E-state index contributed by atoms with van der Waals surface area (Å²) in [5.74, 6) is -0.349. The van der Waals surface area contributed by atoms with Crippen molar-refractivity contribution in [3.8, 4) is 0 Å². The highest BCUT2D eigenvalue weighted by atomic mass is 32.2. The number of hydrogen-bond donors (Lipinski definition) is 0. The van der Waals surface area contributed by atoms with Gasteiger partial charge in [-0.15, -0.1) is 0 Å². The van der Waals surface area contributed by atoms with Crippen LogP contribution in [-0.2, 0) is 0 Å². The van der Waals surface area contributed by atoms with Crippen LogP contribution >= 0.6 is 11.8 Å². The summed E-state index contributed by atoms with van der Waals surface area (Å²) in [7, 11) is 0. The summed E-state index contributed by atoms with van der Waals surface area (Å²) in [4.78, 5) is 20.6. The number of carbonyl (C=O) groups is 1. The fraction of sp³-hybridized carbons (Fsp3) is 0.182. The fourth-order valence-electron chi connectivity index (χ4n) is 1.15. The molecule has 1 aromatic heterocycles. The zero-order chi connectivity index (χ0) is 11.4. The lowest BCUT2D eigenvalue weighted by atomic mass is 10.3. The molecular weight excluding hydrogens is 222 g/mol. The number of hydrogen-bond acceptors (Lipinski definition) is 3. The number of aliphatic imine (C=N–C) groups is 1. The molecule has 2 heterocycles. The zero-order valence-corrected chi connectivity index (χ0v) is 9.57. The van der Waals surface area contributed by atoms with E-state index in [0.29, 0.717) is 10.9 Å². The number of thioether (sulfide) groups is 1. The van der Waals surface area contributed by atoms with E-state index in [1.807, 2.05) is 6.92 Å². The van der Waals surface area contributed by atoms with Crippen molar-refractivity contribution in [2.24, 2.45) is 4.99 Å². The lowest BCUT2D eigenvalue weighted by molar-refractivity contribution is 0.0998. The van der Waals surface area contributed by atoms with E-state index in [1.54, 1.807) is 30.6 Å². The third-order valence-electron chi connectivity index (χ3n) is 1.97. The summed E-state index contributed by atoms with van der Waals surface area (Å²) in [5.41, 5.74) is 0.343. The molecule has 0 N–H and O–H groups in total. The van der Waals surface area contributed by atoms with E-state index in [2.05, 4.69) is 15.3 Å². The van der Waals surface area contributed by atoms with Gasteiger partial charge in [0.25, 0.3) is 5.91 Å². The monoisotopic (exact) mass is 232 g/mol. The lowest BCUT2D eigenvalue weighted by Gasteiger charge is -1.95. The molecule has 81 valence electrons. The first-order valence-corrected chi connectivity index (χ1v) is 5.73. The lowest BCUT2D eigenvalue weighted by Crippen LogP contribution is -2.06. The van der Waals surface area contributed by atoms with Crippen molar-refractivity contribution >= 4 is 22.8 Å². The second kappa shape index (κ2) is 4.94. The summed E-state index contributed by atoms with van der Waals surface area (Å²) in [6, 6.07) is 5.16. The molecular formula is C11H10N3OS. The summed E-state index contributed by atoms with van der Waals surface area (Å²) >= 11 is 1.43. The van der Waals surface area contributed by atoms with E-state index in [9.17, 15) is 4.79 Å². The Morgan fingerprint density at radius 3 is 3.00 bits per heavy atom. The van der Waals surface area contributed by atoms with Crippen LogP contribution in [0.3, 0.4) is 0 Å². The minimum Gasteiger partial charge on any atom is -0.265 e. The first-order chi connectivity index (χ1) is 7.79. The Hall–Kier alpha value is -1.62. The van der Waals surface area contributed by atoms with Crippen LogP contribution in [-0.4, -0.2) is 16.1 Å². The Bertz CT molecular complexity index is 454. The molecule has 1 aliphatic rings. The molecule has 0 saturated heterocycles. The maximum Gasteiger partial charge on any atom is 0.298 e. The molecule has 16 heavy (non-hydrogen) atoms. The Morgan fingerprint density at radius 1 is 1.50 bits per heavy atom. The van der Waals surface area contributed by atoms with Crippen LogP contribution in [0, 0.1) is 0 Å². The zero-order valence-electron chi connectivity index (χ0n) is 8.75. The molecule has 4 nitrogen and oxygen atoms in total. The van der Waals surface area contributed by atoms with Crippen molar-refractivity contribution in [3.05, 3.63) is 41.2 Å². The van der Waals surface area contributed by atoms with Crippen molar-refractivity contribution in [2.75, 3.05) is 0 Å². The van der Waals surface area contributed by atoms with Gasteiger partial charge in [-0.25, -0.2) is 5.32 Å². The van der Waals surface area contributed by atoms with Crippen molar-refractivity contribution in [1.82, 2.24) is 10.3 Å². The van der Waals surface area contributed by atoms with E-state index < -0.39 is 0 Å². The quantitative estimate of drug-likeness (QED) is 0.785. The number of allylic oxidation sites excluding steroid dienone is 1. The molecule has 1 aromatic rings. The van der Waals surface area contributed by atoms with Crippen LogP contribution < -0.4 is 5.32 Å². The predicted molar refractivity (Wildman–Crippen MR) is 64.1 cm³/mol. The van der Waals surface area contributed by atoms with Gasteiger partial charge in [0.1, 0.15) is 5.69 Å². The number of nitrogens with zero attached hydrogens (tertiary/aromatic N) is 3. The smallest absolute Gasteiger partial charge is 0.265 e. The fourth-order valence-corrected chi connectivity index (χ4v) is 1.86. The molecule has 0 atom stereocenters. The van der Waals surface area contributed by atoms with E-state index in [0.717, 1.165) is 11.3 Å². The van der Waals surface area contributed by atoms with Gasteiger partial charge >= 0.3 is 0 Å². The topological polar surface area (TPSA) is 56.4 Å². The van der Waals surface area contributed by atoms with Crippen LogP contribution in [0.15, 0.2) is 40.5 Å². The largest absolute Gasteiger partial charge is 0.298 e. The second-order valence-corrected chi connectivity index (χ2v) is 4.19. The molecule has 1 radical (unpaired) electrons. The summed E-state index contributed by atoms with van der Waals surface area (Å²) in [6.45, 7) is 2.04. The Kier molecular flexibility index (Phi) is 3.36. The van der Waals surface area contributed by atoms with Gasteiger partial charge in [-0.2, -0.15) is 4.99 Å². The molecule has 0 saturated carbocycles. The van der Waals surface area contributed by atoms with Gasteiger partial charge in [0.15, 0.2) is 5.17 Å². The molecule has 0 unspecified atom stereocenters. The van der Waals surface area contributed by atoms with Crippen LogP contribution in [0.25, 0.3) is 0 Å². The van der Waals surface area contributed by atoms with Gasteiger partial charge < -0.3 is 0 Å². The maximum absolute atomic E-state index is 11.6. The number of amides is 1. The normalized spacial score (nSPS) is 17.1. The average Bonchev–Trinajstić information content (AvgIpc) is 2.78. The highest BCUT2D eigenvalue weighted by Gasteiger charge is 2.14. The molecule has 0 fully saturated rings. The molecule has 2 rings (SSSR count). The third-order valence-corrected chi connectivity index (χ3v) is 3.01. The van der Waals surface area contributed by atoms with Gasteiger partial charge in [-0.1, -0.05) is 24.8 Å². The van der Waals surface area contributed by atoms with E-state index in [-0.39, 0.29) is 5.91 Å². The minimum atomic E-state index is -0.349. The first-order valence-electron chi connectivity index (χ1n) is 4.91. The highest BCUT2D eigenvalue weighted by molar-refractivity contribution is 8.17. The third kappa shape index (κ3) is 2.49. The van der Waals surface area contributed by atoms with E-state index in [4.69, 9.17) is 0 Å². The summed E-state index contributed by atoms with van der Waals surface area (Å²) in [5, 5.41) is 4.55. The highest BCUT2D eigenvalue weighted by Crippen LogP contribution is 2.25. The van der Waals surface area contributed by atoms with Crippen molar-refractivity contribution in [3.63, 3.8) is 0 Å². The number of pyridine rings is 1. The van der Waals surface area contributed by atoms with Gasteiger partial charge in [0, 0.05) is 17.3 Å². The molecule has 0 spiro atoms. The van der Waals surface area contributed by atoms with E-state index in [1.165, 1.54) is 11.8 Å². The number of aromatic nitrogens is 1. The molecule has 0 aromatic carbocycles. The first kappa shape index (κ1) is 10.9. The predicted octanol–water partition coefficient (Wildman–Crippen LogP) is 2.18. The Balaban J connectivity index is 2.07. The molecule has 0 aliphatic carbocycles. The number of rotatable bonds is 2. The van der Waals surface area contributed by atoms with Gasteiger partial charge in [-0.3, -0.25) is 9.78 Å². The van der Waals surface area contributed by atoms with Gasteiger partial charge in [0.2, 0.25) is 0 Å². The average molecular weight is 232 g/mol. The number of carbonyl (C=O) groups excluding carboxylic acids is 1. The van der Waals surface area contributed by atoms with Gasteiger partial charge in [-0.05, 0) is 18.6 Å². The SMILES string of the molecule is CCC1=C[N]C(=NC(=O)c2ccccn2)S1.